The maximum absolute atomic E-state index is 12.6. The molecule has 10 heteroatoms. The van der Waals surface area contributed by atoms with E-state index in [0.717, 1.165) is 0 Å². The highest BCUT2D eigenvalue weighted by Gasteiger charge is 2.31. The van der Waals surface area contributed by atoms with Crippen LogP contribution in [0.2, 0.25) is 0 Å². The van der Waals surface area contributed by atoms with Crippen molar-refractivity contribution in [2.24, 2.45) is 5.92 Å². The topological polar surface area (TPSA) is 90.7 Å². The van der Waals surface area contributed by atoms with Crippen molar-refractivity contribution in [3.8, 4) is 0 Å². The molecule has 0 aliphatic rings. The number of nitrogens with zero attached hydrogens (tertiary/aromatic N) is 3. The summed E-state index contributed by atoms with van der Waals surface area (Å²) < 4.78 is 11.1. The highest BCUT2D eigenvalue weighted by Crippen LogP contribution is 2.08. The Morgan fingerprint density at radius 3 is 2.22 bits per heavy atom. The van der Waals surface area contributed by atoms with Gasteiger partial charge in [-0.2, -0.15) is 0 Å². The van der Waals surface area contributed by atoms with E-state index in [4.69, 9.17) is 9.47 Å². The van der Waals surface area contributed by atoms with E-state index in [-0.39, 0.29) is 50.1 Å². The zero-order valence-corrected chi connectivity index (χ0v) is 16.9. The van der Waals surface area contributed by atoms with Crippen LogP contribution in [0.1, 0.15) is 13.8 Å². The van der Waals surface area contributed by atoms with E-state index in [1.54, 1.807) is 45.2 Å². The summed E-state index contributed by atoms with van der Waals surface area (Å²) in [5, 5.41) is 1.89. The minimum Gasteiger partial charge on any atom is -0.465 e. The number of benzene rings is 1. The van der Waals surface area contributed by atoms with Crippen LogP contribution in [0.5, 0.6) is 0 Å². The second-order valence-corrected chi connectivity index (χ2v) is 5.31. The van der Waals surface area contributed by atoms with Crippen LogP contribution in [0.25, 0.3) is 10.9 Å². The van der Waals surface area contributed by atoms with Gasteiger partial charge in [0.1, 0.15) is 6.33 Å². The third-order valence-electron chi connectivity index (χ3n) is 3.61. The van der Waals surface area contributed by atoms with Gasteiger partial charge in [-0.25, -0.2) is 9.66 Å². The largest absolute Gasteiger partial charge is 0.465 e. The Hall–Kier alpha value is -2.32. The van der Waals surface area contributed by atoms with Gasteiger partial charge >= 0.3 is 11.9 Å². The van der Waals surface area contributed by atoms with Crippen molar-refractivity contribution in [3.63, 3.8) is 0 Å². The molecule has 0 aliphatic carbocycles. The number of ether oxygens (including phenoxy) is 2. The van der Waals surface area contributed by atoms with Gasteiger partial charge in [0.2, 0.25) is 0 Å². The number of rotatable bonds is 7. The van der Waals surface area contributed by atoms with Gasteiger partial charge in [-0.15, -0.1) is 24.8 Å². The SMILES string of the molecule is CCOC(=O)C(CN(C)n1cnc2ccccc2c1=O)C(=O)OCC.Cl.Cl. The van der Waals surface area contributed by atoms with Crippen molar-refractivity contribution < 1.29 is 19.1 Å². The molecule has 0 spiro atoms. The molecule has 0 unspecified atom stereocenters. The summed E-state index contributed by atoms with van der Waals surface area (Å²) in [6, 6.07) is 6.94. The summed E-state index contributed by atoms with van der Waals surface area (Å²) in [5.41, 5.74) is 0.282. The van der Waals surface area contributed by atoms with Gasteiger partial charge in [-0.05, 0) is 26.0 Å². The summed E-state index contributed by atoms with van der Waals surface area (Å²) in [7, 11) is 1.59. The van der Waals surface area contributed by atoms with Crippen molar-refractivity contribution in [2.45, 2.75) is 13.8 Å². The van der Waals surface area contributed by atoms with Gasteiger partial charge in [-0.3, -0.25) is 14.4 Å². The fourth-order valence-corrected chi connectivity index (χ4v) is 2.39. The number of carbonyl (C=O) groups excluding carboxylic acids is 2. The lowest BCUT2D eigenvalue weighted by atomic mass is 10.1. The average molecular weight is 420 g/mol. The Morgan fingerprint density at radius 1 is 1.11 bits per heavy atom. The van der Waals surface area contributed by atoms with Gasteiger partial charge in [0.05, 0.1) is 30.7 Å². The molecule has 0 atom stereocenters. The lowest BCUT2D eigenvalue weighted by Crippen LogP contribution is -2.46. The number of halogens is 2. The van der Waals surface area contributed by atoms with Crippen molar-refractivity contribution in [2.75, 3.05) is 31.8 Å². The quantitative estimate of drug-likeness (QED) is 0.496. The van der Waals surface area contributed by atoms with E-state index >= 15 is 0 Å². The molecular formula is C17H23Cl2N3O5. The summed E-state index contributed by atoms with van der Waals surface area (Å²) >= 11 is 0. The molecule has 150 valence electrons. The fourth-order valence-electron chi connectivity index (χ4n) is 2.39. The third kappa shape index (κ3) is 5.83. The van der Waals surface area contributed by atoms with Gasteiger partial charge in [-0.1, -0.05) is 12.1 Å². The molecule has 0 saturated carbocycles. The minimum absolute atomic E-state index is 0. The van der Waals surface area contributed by atoms with Crippen LogP contribution in [0.4, 0.5) is 0 Å². The number of para-hydroxylation sites is 1. The van der Waals surface area contributed by atoms with Crippen LogP contribution >= 0.6 is 24.8 Å². The van der Waals surface area contributed by atoms with E-state index < -0.39 is 17.9 Å². The molecular weight excluding hydrogens is 397 g/mol. The number of esters is 2. The highest BCUT2D eigenvalue weighted by molar-refractivity contribution is 5.95. The normalized spacial score (nSPS) is 9.93. The zero-order chi connectivity index (χ0) is 18.4. The molecule has 0 fully saturated rings. The lowest BCUT2D eigenvalue weighted by molar-refractivity contribution is -0.161. The molecule has 2 rings (SSSR count). The molecule has 0 radical (unpaired) electrons. The Kier molecular flexibility index (Phi) is 10.4. The van der Waals surface area contributed by atoms with Gasteiger partial charge in [0.25, 0.3) is 5.56 Å². The highest BCUT2D eigenvalue weighted by atomic mass is 35.5. The van der Waals surface area contributed by atoms with Gasteiger partial charge < -0.3 is 14.5 Å². The number of carbonyl (C=O) groups is 2. The Bertz CT molecular complexity index is 810. The second-order valence-electron chi connectivity index (χ2n) is 5.31. The Morgan fingerprint density at radius 2 is 1.67 bits per heavy atom. The molecule has 2 aromatic rings. The van der Waals surface area contributed by atoms with Crippen LogP contribution in [-0.4, -0.2) is 48.4 Å². The predicted octanol–water partition coefficient (Wildman–Crippen LogP) is 1.55. The minimum atomic E-state index is -1.15. The van der Waals surface area contributed by atoms with Gasteiger partial charge in [0, 0.05) is 7.05 Å². The maximum Gasteiger partial charge on any atom is 0.322 e. The first-order chi connectivity index (χ1) is 12.0. The lowest BCUT2D eigenvalue weighted by Gasteiger charge is -2.24. The van der Waals surface area contributed by atoms with E-state index in [1.807, 2.05) is 0 Å². The van der Waals surface area contributed by atoms with Crippen LogP contribution in [0, 0.1) is 5.92 Å². The predicted molar refractivity (Wildman–Crippen MR) is 106 cm³/mol. The first-order valence-electron chi connectivity index (χ1n) is 8.00. The summed E-state index contributed by atoms with van der Waals surface area (Å²) in [6.07, 6.45) is 1.36. The van der Waals surface area contributed by atoms with Crippen LogP contribution in [-0.2, 0) is 19.1 Å². The monoisotopic (exact) mass is 419 g/mol. The Labute approximate surface area is 169 Å². The third-order valence-corrected chi connectivity index (χ3v) is 3.61. The summed E-state index contributed by atoms with van der Waals surface area (Å²) in [4.78, 5) is 41.0. The Balaban J connectivity index is 0.00000338. The zero-order valence-electron chi connectivity index (χ0n) is 15.3. The van der Waals surface area contributed by atoms with E-state index in [1.165, 1.54) is 16.0 Å². The van der Waals surface area contributed by atoms with E-state index in [2.05, 4.69) is 4.98 Å². The summed E-state index contributed by atoms with van der Waals surface area (Å²) in [6.45, 7) is 3.53. The van der Waals surface area contributed by atoms with Crippen molar-refractivity contribution in [1.29, 1.82) is 0 Å². The molecule has 0 bridgehead atoms. The van der Waals surface area contributed by atoms with Crippen LogP contribution in [0.15, 0.2) is 35.4 Å². The number of hydrogen-bond acceptors (Lipinski definition) is 7. The smallest absolute Gasteiger partial charge is 0.322 e. The van der Waals surface area contributed by atoms with Crippen LogP contribution in [0.3, 0.4) is 0 Å². The molecule has 8 nitrogen and oxygen atoms in total. The average Bonchev–Trinajstić information content (AvgIpc) is 2.60. The summed E-state index contributed by atoms with van der Waals surface area (Å²) in [5.74, 6) is -2.52. The molecule has 0 aliphatic heterocycles. The molecule has 1 aromatic carbocycles. The second kappa shape index (κ2) is 11.4. The van der Waals surface area contributed by atoms with E-state index in [0.29, 0.717) is 10.9 Å². The van der Waals surface area contributed by atoms with Crippen molar-refractivity contribution >= 4 is 47.7 Å². The van der Waals surface area contributed by atoms with Gasteiger partial charge in [0.15, 0.2) is 5.92 Å². The maximum atomic E-state index is 12.6. The molecule has 27 heavy (non-hydrogen) atoms. The first kappa shape index (κ1) is 24.7. The first-order valence-corrected chi connectivity index (χ1v) is 8.00. The standard InChI is InChI=1S/C17H21N3O5.2ClH/c1-4-24-16(22)13(17(23)25-5-2)10-19(3)20-11-18-14-9-7-6-8-12(14)15(20)21;;/h6-9,11,13H,4-5,10H2,1-3H3;2*1H. The number of aromatic nitrogens is 2. The molecule has 0 amide bonds. The molecule has 0 N–H and O–H groups in total. The van der Waals surface area contributed by atoms with Crippen molar-refractivity contribution in [3.05, 3.63) is 40.9 Å². The van der Waals surface area contributed by atoms with Crippen molar-refractivity contribution in [1.82, 2.24) is 9.66 Å². The molecule has 0 saturated heterocycles. The van der Waals surface area contributed by atoms with E-state index in [9.17, 15) is 14.4 Å². The fraction of sp³-hybridized carbons (Fsp3) is 0.412. The number of hydrogen-bond donors (Lipinski definition) is 0. The molecule has 1 heterocycles. The molecule has 1 aromatic heterocycles. The van der Waals surface area contributed by atoms with Crippen LogP contribution < -0.4 is 10.6 Å². The number of fused-ring (bicyclic) bond motifs is 1.